The Balaban J connectivity index is 0.000000720. The molecule has 0 aliphatic carbocycles. The third-order valence-electron chi connectivity index (χ3n) is 2.17. The maximum absolute atomic E-state index is 4.32. The molecule has 1 aromatic rings. The van der Waals surface area contributed by atoms with E-state index in [0.29, 0.717) is 5.92 Å². The van der Waals surface area contributed by atoms with Crippen molar-refractivity contribution < 1.29 is 0 Å². The van der Waals surface area contributed by atoms with Gasteiger partial charge in [0.2, 0.25) is 0 Å². The lowest BCUT2D eigenvalue weighted by Gasteiger charge is -2.05. The Bertz CT molecular complexity index is 222. The van der Waals surface area contributed by atoms with Crippen LogP contribution in [0.3, 0.4) is 0 Å². The van der Waals surface area contributed by atoms with Crippen molar-refractivity contribution >= 4 is 24.8 Å². The summed E-state index contributed by atoms with van der Waals surface area (Å²) in [5, 5.41) is 3.33. The first-order chi connectivity index (χ1) is 5.47. The lowest BCUT2D eigenvalue weighted by atomic mass is 10.0. The second-order valence-corrected chi connectivity index (χ2v) is 2.94. The number of rotatable bonds is 1. The van der Waals surface area contributed by atoms with Crippen LogP contribution >= 0.6 is 24.8 Å². The molecule has 2 heterocycles. The van der Waals surface area contributed by atoms with Crippen LogP contribution in [0.4, 0.5) is 0 Å². The maximum Gasteiger partial charge on any atom is 0.0447 e. The minimum Gasteiger partial charge on any atom is -0.316 e. The summed E-state index contributed by atoms with van der Waals surface area (Å²) in [6.07, 6.45) is 3.10. The van der Waals surface area contributed by atoms with E-state index in [9.17, 15) is 0 Å². The Kier molecular flexibility index (Phi) is 6.04. The number of halogens is 2. The molecule has 1 fully saturated rings. The number of hydrogen-bond donors (Lipinski definition) is 1. The molecule has 74 valence electrons. The van der Waals surface area contributed by atoms with Crippen molar-refractivity contribution in [1.82, 2.24) is 10.3 Å². The van der Waals surface area contributed by atoms with Crippen LogP contribution in [0.25, 0.3) is 0 Å². The summed E-state index contributed by atoms with van der Waals surface area (Å²) in [6, 6.07) is 6.13. The molecule has 1 aromatic heterocycles. The average Bonchev–Trinajstić information content (AvgIpc) is 2.58. The topological polar surface area (TPSA) is 24.9 Å². The number of hydrogen-bond acceptors (Lipinski definition) is 2. The Morgan fingerprint density at radius 3 is 2.69 bits per heavy atom. The van der Waals surface area contributed by atoms with E-state index in [4.69, 9.17) is 0 Å². The number of pyridine rings is 1. The molecule has 0 amide bonds. The van der Waals surface area contributed by atoms with Crippen LogP contribution in [-0.2, 0) is 0 Å². The summed E-state index contributed by atoms with van der Waals surface area (Å²) < 4.78 is 0. The van der Waals surface area contributed by atoms with Gasteiger partial charge in [0.1, 0.15) is 0 Å². The first-order valence-electron chi connectivity index (χ1n) is 4.08. The van der Waals surface area contributed by atoms with Crippen LogP contribution in [0.15, 0.2) is 24.4 Å². The minimum absolute atomic E-state index is 0. The molecule has 0 saturated carbocycles. The van der Waals surface area contributed by atoms with Crippen molar-refractivity contribution in [2.45, 2.75) is 12.3 Å². The van der Waals surface area contributed by atoms with E-state index in [1.807, 2.05) is 12.3 Å². The fourth-order valence-corrected chi connectivity index (χ4v) is 1.52. The van der Waals surface area contributed by atoms with Gasteiger partial charge in [0.15, 0.2) is 0 Å². The SMILES string of the molecule is Cl.Cl.c1ccc([C@@H]2CCNC2)nc1. The zero-order valence-electron chi connectivity index (χ0n) is 7.27. The fourth-order valence-electron chi connectivity index (χ4n) is 1.52. The first-order valence-corrected chi connectivity index (χ1v) is 4.08. The van der Waals surface area contributed by atoms with Gasteiger partial charge in [-0.3, -0.25) is 4.98 Å². The highest BCUT2D eigenvalue weighted by molar-refractivity contribution is 5.85. The normalized spacial score (nSPS) is 20.2. The number of nitrogens with zero attached hydrogens (tertiary/aromatic N) is 1. The highest BCUT2D eigenvalue weighted by Gasteiger charge is 2.16. The molecule has 1 saturated heterocycles. The first kappa shape index (κ1) is 12.7. The van der Waals surface area contributed by atoms with Crippen molar-refractivity contribution in [1.29, 1.82) is 0 Å². The van der Waals surface area contributed by atoms with Gasteiger partial charge in [-0.25, -0.2) is 0 Å². The van der Waals surface area contributed by atoms with Crippen molar-refractivity contribution in [3.8, 4) is 0 Å². The Labute approximate surface area is 91.0 Å². The molecule has 0 unspecified atom stereocenters. The van der Waals surface area contributed by atoms with Crippen molar-refractivity contribution in [2.24, 2.45) is 0 Å². The molecule has 0 radical (unpaired) electrons. The van der Waals surface area contributed by atoms with Gasteiger partial charge in [0.05, 0.1) is 0 Å². The van der Waals surface area contributed by atoms with E-state index < -0.39 is 0 Å². The lowest BCUT2D eigenvalue weighted by Crippen LogP contribution is -2.08. The van der Waals surface area contributed by atoms with Gasteiger partial charge in [-0.15, -0.1) is 24.8 Å². The van der Waals surface area contributed by atoms with Crippen LogP contribution in [0.2, 0.25) is 0 Å². The molecule has 0 bridgehead atoms. The van der Waals surface area contributed by atoms with Gasteiger partial charge in [-0.05, 0) is 25.1 Å². The highest BCUT2D eigenvalue weighted by Crippen LogP contribution is 2.18. The Morgan fingerprint density at radius 1 is 1.31 bits per heavy atom. The zero-order chi connectivity index (χ0) is 7.52. The molecule has 13 heavy (non-hydrogen) atoms. The maximum atomic E-state index is 4.32. The van der Waals surface area contributed by atoms with E-state index in [1.54, 1.807) is 0 Å². The van der Waals surface area contributed by atoms with Crippen LogP contribution in [0.5, 0.6) is 0 Å². The minimum atomic E-state index is 0. The van der Waals surface area contributed by atoms with E-state index in [1.165, 1.54) is 12.1 Å². The van der Waals surface area contributed by atoms with Gasteiger partial charge in [-0.1, -0.05) is 6.07 Å². The molecule has 2 rings (SSSR count). The summed E-state index contributed by atoms with van der Waals surface area (Å²) in [6.45, 7) is 2.23. The van der Waals surface area contributed by atoms with E-state index >= 15 is 0 Å². The molecule has 4 heteroatoms. The predicted molar refractivity (Wildman–Crippen MR) is 59.0 cm³/mol. The summed E-state index contributed by atoms with van der Waals surface area (Å²) in [7, 11) is 0. The average molecular weight is 221 g/mol. The molecule has 2 nitrogen and oxygen atoms in total. The van der Waals surface area contributed by atoms with Crippen LogP contribution < -0.4 is 5.32 Å². The second kappa shape index (κ2) is 6.19. The Hall–Kier alpha value is -0.310. The van der Waals surface area contributed by atoms with Crippen molar-refractivity contribution in [3.05, 3.63) is 30.1 Å². The highest BCUT2D eigenvalue weighted by atomic mass is 35.5. The van der Waals surface area contributed by atoms with Gasteiger partial charge in [0, 0.05) is 24.4 Å². The number of nitrogens with one attached hydrogen (secondary N) is 1. The summed E-state index contributed by atoms with van der Waals surface area (Å²) in [5.41, 5.74) is 1.23. The lowest BCUT2D eigenvalue weighted by molar-refractivity contribution is 0.735. The summed E-state index contributed by atoms with van der Waals surface area (Å²) in [4.78, 5) is 4.32. The standard InChI is InChI=1S/C9H12N2.2ClH/c1-2-5-11-9(3-1)8-4-6-10-7-8;;/h1-3,5,8,10H,4,6-7H2;2*1H/t8-;;/m1../s1. The van der Waals surface area contributed by atoms with E-state index in [-0.39, 0.29) is 24.8 Å². The molecular formula is C9H14Cl2N2. The summed E-state index contributed by atoms with van der Waals surface area (Å²) in [5.74, 6) is 0.649. The fraction of sp³-hybridized carbons (Fsp3) is 0.444. The van der Waals surface area contributed by atoms with Crippen molar-refractivity contribution in [3.63, 3.8) is 0 Å². The molecule has 1 atom stereocenters. The molecule has 1 N–H and O–H groups in total. The Morgan fingerprint density at radius 2 is 2.15 bits per heavy atom. The van der Waals surface area contributed by atoms with Crippen LogP contribution in [0, 0.1) is 0 Å². The van der Waals surface area contributed by atoms with E-state index in [2.05, 4.69) is 22.4 Å². The summed E-state index contributed by atoms with van der Waals surface area (Å²) >= 11 is 0. The van der Waals surface area contributed by atoms with Gasteiger partial charge in [-0.2, -0.15) is 0 Å². The third-order valence-corrected chi connectivity index (χ3v) is 2.17. The third kappa shape index (κ3) is 3.14. The van der Waals surface area contributed by atoms with Gasteiger partial charge >= 0.3 is 0 Å². The monoisotopic (exact) mass is 220 g/mol. The van der Waals surface area contributed by atoms with E-state index in [0.717, 1.165) is 13.1 Å². The molecular weight excluding hydrogens is 207 g/mol. The van der Waals surface area contributed by atoms with Crippen LogP contribution in [-0.4, -0.2) is 18.1 Å². The quantitative estimate of drug-likeness (QED) is 0.784. The molecule has 1 aliphatic heterocycles. The smallest absolute Gasteiger partial charge is 0.0447 e. The van der Waals surface area contributed by atoms with Gasteiger partial charge in [0.25, 0.3) is 0 Å². The van der Waals surface area contributed by atoms with Gasteiger partial charge < -0.3 is 5.32 Å². The molecule has 0 spiro atoms. The second-order valence-electron chi connectivity index (χ2n) is 2.94. The molecule has 1 aliphatic rings. The predicted octanol–water partition coefficient (Wildman–Crippen LogP) is 2.00. The van der Waals surface area contributed by atoms with Crippen LogP contribution in [0.1, 0.15) is 18.0 Å². The van der Waals surface area contributed by atoms with Crippen molar-refractivity contribution in [2.75, 3.05) is 13.1 Å². The largest absolute Gasteiger partial charge is 0.316 e. The number of aromatic nitrogens is 1. The molecule has 0 aromatic carbocycles. The zero-order valence-corrected chi connectivity index (χ0v) is 8.90.